The molecule has 0 unspecified atom stereocenters. The van der Waals surface area contributed by atoms with Crippen LogP contribution in [-0.2, 0) is 11.2 Å². The minimum absolute atomic E-state index is 0.0436. The maximum absolute atomic E-state index is 13.5. The van der Waals surface area contributed by atoms with Crippen LogP contribution in [0.5, 0.6) is 0 Å². The van der Waals surface area contributed by atoms with Crippen molar-refractivity contribution in [3.63, 3.8) is 0 Å². The quantitative estimate of drug-likeness (QED) is 0.800. The SMILES string of the molecule is N#CCCN(C(=O)CN1CCc2ccccc21)C12CC3CC(CC(C3)C1)C2. The number of anilines is 1. The van der Waals surface area contributed by atoms with Crippen molar-refractivity contribution in [3.05, 3.63) is 29.8 Å². The van der Waals surface area contributed by atoms with Crippen LogP contribution in [0.15, 0.2) is 24.3 Å². The third kappa shape index (κ3) is 2.92. The lowest BCUT2D eigenvalue weighted by molar-refractivity contribution is -0.149. The fourth-order valence-corrected chi connectivity index (χ4v) is 7.00. The summed E-state index contributed by atoms with van der Waals surface area (Å²) in [7, 11) is 0. The van der Waals surface area contributed by atoms with Gasteiger partial charge in [0.2, 0.25) is 5.91 Å². The monoisotopic (exact) mass is 363 g/mol. The molecule has 27 heavy (non-hydrogen) atoms. The van der Waals surface area contributed by atoms with Crippen LogP contribution in [0.1, 0.15) is 50.5 Å². The van der Waals surface area contributed by atoms with E-state index in [1.165, 1.54) is 49.8 Å². The van der Waals surface area contributed by atoms with Gasteiger partial charge in [0, 0.05) is 24.3 Å². The molecule has 6 rings (SSSR count). The number of rotatable bonds is 5. The molecule has 4 fully saturated rings. The third-order valence-electron chi connectivity index (χ3n) is 7.64. The van der Waals surface area contributed by atoms with E-state index in [1.807, 2.05) is 0 Å². The fraction of sp³-hybridized carbons (Fsp3) is 0.652. The van der Waals surface area contributed by atoms with Crippen molar-refractivity contribution >= 4 is 11.6 Å². The Kier molecular flexibility index (Phi) is 4.15. The summed E-state index contributed by atoms with van der Waals surface area (Å²) in [4.78, 5) is 17.9. The van der Waals surface area contributed by atoms with Crippen molar-refractivity contribution in [3.8, 4) is 6.07 Å². The van der Waals surface area contributed by atoms with Crippen LogP contribution >= 0.6 is 0 Å². The number of hydrogen-bond acceptors (Lipinski definition) is 3. The van der Waals surface area contributed by atoms with Gasteiger partial charge in [-0.05, 0) is 74.3 Å². The Morgan fingerprint density at radius 2 is 1.81 bits per heavy atom. The van der Waals surface area contributed by atoms with Gasteiger partial charge in [-0.3, -0.25) is 4.79 Å². The first-order valence-electron chi connectivity index (χ1n) is 10.7. The standard InChI is InChI=1S/C23H29N3O/c24-7-3-8-26(23-13-17-10-18(14-23)12-19(11-17)15-23)22(27)16-25-9-6-20-4-1-2-5-21(20)25/h1-2,4-5,17-19H,3,6,8-16H2. The number of nitriles is 1. The number of fused-ring (bicyclic) bond motifs is 1. The van der Waals surface area contributed by atoms with Crippen LogP contribution in [0.3, 0.4) is 0 Å². The second-order valence-corrected chi connectivity index (χ2v) is 9.40. The highest BCUT2D eigenvalue weighted by atomic mass is 16.2. The van der Waals surface area contributed by atoms with Crippen molar-refractivity contribution in [1.82, 2.24) is 4.90 Å². The first-order chi connectivity index (χ1) is 13.2. The maximum atomic E-state index is 13.5. The minimum atomic E-state index is 0.0436. The lowest BCUT2D eigenvalue weighted by atomic mass is 9.52. The highest BCUT2D eigenvalue weighted by Gasteiger charge is 2.54. The lowest BCUT2D eigenvalue weighted by Crippen LogP contribution is -2.62. The molecule has 4 bridgehead atoms. The summed E-state index contributed by atoms with van der Waals surface area (Å²) < 4.78 is 0. The van der Waals surface area contributed by atoms with Crippen molar-refractivity contribution in [2.45, 2.75) is 56.9 Å². The van der Waals surface area contributed by atoms with Gasteiger partial charge in [0.1, 0.15) is 0 Å². The summed E-state index contributed by atoms with van der Waals surface area (Å²) in [5.41, 5.74) is 2.61. The van der Waals surface area contributed by atoms with E-state index < -0.39 is 0 Å². The van der Waals surface area contributed by atoms with Gasteiger partial charge < -0.3 is 9.80 Å². The molecule has 4 heteroatoms. The van der Waals surface area contributed by atoms with E-state index >= 15 is 0 Å². The molecular formula is C23H29N3O. The van der Waals surface area contributed by atoms with Crippen LogP contribution in [0.4, 0.5) is 5.69 Å². The number of nitrogens with zero attached hydrogens (tertiary/aromatic N) is 3. The van der Waals surface area contributed by atoms with Crippen LogP contribution in [0.2, 0.25) is 0 Å². The molecule has 0 spiro atoms. The second-order valence-electron chi connectivity index (χ2n) is 9.40. The summed E-state index contributed by atoms with van der Waals surface area (Å²) in [6.45, 7) is 2.00. The van der Waals surface area contributed by atoms with Gasteiger partial charge in [-0.25, -0.2) is 0 Å². The summed E-state index contributed by atoms with van der Waals surface area (Å²) in [5, 5.41) is 9.19. The normalized spacial score (nSPS) is 33.0. The lowest BCUT2D eigenvalue weighted by Gasteiger charge is -2.60. The predicted molar refractivity (Wildman–Crippen MR) is 105 cm³/mol. The van der Waals surface area contributed by atoms with Gasteiger partial charge in [0.15, 0.2) is 0 Å². The Balaban J connectivity index is 1.38. The zero-order valence-corrected chi connectivity index (χ0v) is 16.1. The number of para-hydroxylation sites is 1. The number of benzene rings is 1. The van der Waals surface area contributed by atoms with E-state index in [9.17, 15) is 10.1 Å². The Morgan fingerprint density at radius 1 is 1.15 bits per heavy atom. The van der Waals surface area contributed by atoms with E-state index in [-0.39, 0.29) is 11.4 Å². The average Bonchev–Trinajstić information content (AvgIpc) is 3.04. The summed E-state index contributed by atoms with van der Waals surface area (Å²) in [5.74, 6) is 2.66. The van der Waals surface area contributed by atoms with Crippen LogP contribution in [0, 0.1) is 29.1 Å². The van der Waals surface area contributed by atoms with Gasteiger partial charge in [-0.15, -0.1) is 0 Å². The van der Waals surface area contributed by atoms with Crippen LogP contribution in [0.25, 0.3) is 0 Å². The van der Waals surface area contributed by atoms with E-state index in [4.69, 9.17) is 0 Å². The molecule has 0 aromatic heterocycles. The van der Waals surface area contributed by atoms with Gasteiger partial charge in [0.25, 0.3) is 0 Å². The molecule has 142 valence electrons. The molecule has 1 amide bonds. The number of carbonyl (C=O) groups is 1. The van der Waals surface area contributed by atoms with E-state index in [1.54, 1.807) is 0 Å². The Hall–Kier alpha value is -2.02. The number of hydrogen-bond donors (Lipinski definition) is 0. The maximum Gasteiger partial charge on any atom is 0.242 e. The molecule has 1 heterocycles. The molecule has 0 N–H and O–H groups in total. The van der Waals surface area contributed by atoms with Crippen molar-refractivity contribution in [2.24, 2.45) is 17.8 Å². The highest BCUT2D eigenvalue weighted by Crippen LogP contribution is 2.57. The molecule has 4 saturated carbocycles. The van der Waals surface area contributed by atoms with Crippen LogP contribution in [-0.4, -0.2) is 36.0 Å². The summed E-state index contributed by atoms with van der Waals surface area (Å²) >= 11 is 0. The molecular weight excluding hydrogens is 334 g/mol. The highest BCUT2D eigenvalue weighted by molar-refractivity contribution is 5.83. The predicted octanol–water partition coefficient (Wildman–Crippen LogP) is 3.76. The molecule has 1 aliphatic heterocycles. The molecule has 1 aromatic carbocycles. The molecule has 1 aromatic rings. The molecule has 5 aliphatic rings. The Morgan fingerprint density at radius 3 is 2.48 bits per heavy atom. The molecule has 0 atom stereocenters. The minimum Gasteiger partial charge on any atom is -0.362 e. The zero-order valence-electron chi connectivity index (χ0n) is 16.1. The van der Waals surface area contributed by atoms with Crippen molar-refractivity contribution in [1.29, 1.82) is 5.26 Å². The van der Waals surface area contributed by atoms with E-state index in [2.05, 4.69) is 40.1 Å². The van der Waals surface area contributed by atoms with Gasteiger partial charge in [0.05, 0.1) is 19.0 Å². The largest absolute Gasteiger partial charge is 0.362 e. The van der Waals surface area contributed by atoms with Crippen LogP contribution < -0.4 is 4.90 Å². The number of carbonyl (C=O) groups excluding carboxylic acids is 1. The van der Waals surface area contributed by atoms with E-state index in [0.29, 0.717) is 19.5 Å². The summed E-state index contributed by atoms with van der Waals surface area (Å²) in [6, 6.07) is 10.7. The van der Waals surface area contributed by atoms with Crippen molar-refractivity contribution < 1.29 is 4.79 Å². The van der Waals surface area contributed by atoms with Gasteiger partial charge >= 0.3 is 0 Å². The molecule has 0 radical (unpaired) electrons. The third-order valence-corrected chi connectivity index (χ3v) is 7.64. The van der Waals surface area contributed by atoms with Gasteiger partial charge in [-0.1, -0.05) is 18.2 Å². The summed E-state index contributed by atoms with van der Waals surface area (Å²) in [6.07, 6.45) is 9.12. The smallest absolute Gasteiger partial charge is 0.242 e. The fourth-order valence-electron chi connectivity index (χ4n) is 7.00. The average molecular weight is 364 g/mol. The van der Waals surface area contributed by atoms with Crippen molar-refractivity contribution in [2.75, 3.05) is 24.5 Å². The number of amides is 1. The molecule has 4 nitrogen and oxygen atoms in total. The van der Waals surface area contributed by atoms with Gasteiger partial charge in [-0.2, -0.15) is 5.26 Å². The topological polar surface area (TPSA) is 47.3 Å². The first kappa shape index (κ1) is 17.1. The zero-order chi connectivity index (χ0) is 18.4. The first-order valence-corrected chi connectivity index (χ1v) is 10.7. The second kappa shape index (κ2) is 6.55. The Bertz CT molecular complexity index is 745. The van der Waals surface area contributed by atoms with E-state index in [0.717, 1.165) is 30.7 Å². The molecule has 4 aliphatic carbocycles. The molecule has 0 saturated heterocycles. The Labute approximate surface area is 162 Å².